The predicted molar refractivity (Wildman–Crippen MR) is 130 cm³/mol. The van der Waals surface area contributed by atoms with Gasteiger partial charge in [0, 0.05) is 36.5 Å². The molecule has 168 valence electrons. The molecule has 0 radical (unpaired) electrons. The fourth-order valence-corrected chi connectivity index (χ4v) is 4.52. The Balaban J connectivity index is 1.51. The number of aromatic nitrogens is 1. The zero-order valence-electron chi connectivity index (χ0n) is 18.8. The number of hydrogen-bond donors (Lipinski definition) is 1. The average molecular weight is 441 g/mol. The van der Waals surface area contributed by atoms with Gasteiger partial charge in [0.25, 0.3) is 0 Å². The van der Waals surface area contributed by atoms with Crippen LogP contribution in [0.1, 0.15) is 57.1 Å². The second-order valence-electron chi connectivity index (χ2n) is 8.47. The van der Waals surface area contributed by atoms with Crippen molar-refractivity contribution in [2.24, 2.45) is 0 Å². The number of amides is 1. The van der Waals surface area contributed by atoms with Crippen LogP contribution in [0.15, 0.2) is 72.9 Å². The monoisotopic (exact) mass is 440 g/mol. The van der Waals surface area contributed by atoms with Crippen LogP contribution in [0.25, 0.3) is 5.57 Å². The third kappa shape index (κ3) is 5.37. The Morgan fingerprint density at radius 1 is 1.15 bits per heavy atom. The molecule has 1 N–H and O–H groups in total. The fraction of sp³-hybridized carbons (Fsp3) is 0.250. The number of aryl methyl sites for hydroxylation is 2. The zero-order chi connectivity index (χ0) is 23.2. The number of carbonyl (C=O) groups excluding carboxylic acids is 1. The van der Waals surface area contributed by atoms with Gasteiger partial charge in [0.1, 0.15) is 6.29 Å². The van der Waals surface area contributed by atoms with E-state index in [1.54, 1.807) is 0 Å². The zero-order valence-corrected chi connectivity index (χ0v) is 18.8. The highest BCUT2D eigenvalue weighted by Gasteiger charge is 2.19. The lowest BCUT2D eigenvalue weighted by atomic mass is 9.84. The Hall–Kier alpha value is -3.73. The smallest absolute Gasteiger partial charge is 0.407 e. The van der Waals surface area contributed by atoms with Crippen LogP contribution in [-0.4, -0.2) is 40.5 Å². The molecule has 1 unspecified atom stereocenters. The minimum atomic E-state index is -0.865. The van der Waals surface area contributed by atoms with E-state index in [9.17, 15) is 9.59 Å². The molecule has 33 heavy (non-hydrogen) atoms. The normalized spacial score (nSPS) is 14.5. The number of aldehydes is 1. The Kier molecular flexibility index (Phi) is 6.98. The molecule has 1 aromatic heterocycles. The fourth-order valence-electron chi connectivity index (χ4n) is 4.52. The number of carboxylic acid groups (broad SMARTS) is 1. The van der Waals surface area contributed by atoms with Crippen LogP contribution in [0.5, 0.6) is 0 Å². The highest BCUT2D eigenvalue weighted by atomic mass is 16.4. The third-order valence-corrected chi connectivity index (χ3v) is 6.35. The minimum Gasteiger partial charge on any atom is -0.465 e. The Bertz CT molecular complexity index is 1170. The summed E-state index contributed by atoms with van der Waals surface area (Å²) in [5.74, 6) is 0.107. The standard InChI is InChI=1S/C28H28N2O3/c1-20-18-24(12-15-29-20)27(26-5-3-2-4-25(26)19-31)11-8-21-6-9-22(10-7-21)23-13-16-30(17-14-23)28(32)33/h2-7,9-10,12-13,15,18-19,27H,8,11,14,16-17H2,1H3,(H,32,33). The maximum Gasteiger partial charge on any atom is 0.407 e. The van der Waals surface area contributed by atoms with Crippen LogP contribution < -0.4 is 0 Å². The summed E-state index contributed by atoms with van der Waals surface area (Å²) in [4.78, 5) is 28.6. The molecular formula is C28H28N2O3. The van der Waals surface area contributed by atoms with Crippen LogP contribution in [-0.2, 0) is 6.42 Å². The second-order valence-corrected chi connectivity index (χ2v) is 8.47. The Morgan fingerprint density at radius 2 is 1.94 bits per heavy atom. The van der Waals surface area contributed by atoms with Gasteiger partial charge in [-0.25, -0.2) is 4.79 Å². The average Bonchev–Trinajstić information content (AvgIpc) is 2.85. The van der Waals surface area contributed by atoms with Gasteiger partial charge in [-0.2, -0.15) is 0 Å². The largest absolute Gasteiger partial charge is 0.465 e. The van der Waals surface area contributed by atoms with Gasteiger partial charge in [0.15, 0.2) is 0 Å². The van der Waals surface area contributed by atoms with Crippen LogP contribution in [0.4, 0.5) is 4.79 Å². The van der Waals surface area contributed by atoms with Crippen molar-refractivity contribution in [1.29, 1.82) is 0 Å². The summed E-state index contributed by atoms with van der Waals surface area (Å²) >= 11 is 0. The van der Waals surface area contributed by atoms with E-state index in [4.69, 9.17) is 5.11 Å². The first-order valence-corrected chi connectivity index (χ1v) is 11.3. The number of nitrogens with zero attached hydrogens (tertiary/aromatic N) is 2. The molecular weight excluding hydrogens is 412 g/mol. The van der Waals surface area contributed by atoms with Gasteiger partial charge >= 0.3 is 6.09 Å². The SMILES string of the molecule is Cc1cc(C(CCc2ccc(C3=CCN(C(=O)O)CC3)cc2)c2ccccc2C=O)ccn1. The summed E-state index contributed by atoms with van der Waals surface area (Å²) in [6, 6.07) is 20.5. The Labute approximate surface area is 194 Å². The maximum atomic E-state index is 11.7. The first-order valence-electron chi connectivity index (χ1n) is 11.3. The molecule has 2 aromatic carbocycles. The number of carbonyl (C=O) groups is 2. The van der Waals surface area contributed by atoms with E-state index in [0.717, 1.165) is 47.9 Å². The summed E-state index contributed by atoms with van der Waals surface area (Å²) in [5.41, 5.74) is 7.50. The molecule has 5 heteroatoms. The molecule has 0 saturated heterocycles. The van der Waals surface area contributed by atoms with Crippen LogP contribution in [0, 0.1) is 6.92 Å². The lowest BCUT2D eigenvalue weighted by Gasteiger charge is -2.24. The van der Waals surface area contributed by atoms with Crippen molar-refractivity contribution in [3.05, 3.63) is 106 Å². The van der Waals surface area contributed by atoms with E-state index in [1.807, 2.05) is 49.5 Å². The van der Waals surface area contributed by atoms with E-state index in [-0.39, 0.29) is 5.92 Å². The topological polar surface area (TPSA) is 70.5 Å². The van der Waals surface area contributed by atoms with Crippen LogP contribution in [0.2, 0.25) is 0 Å². The molecule has 4 rings (SSSR count). The maximum absolute atomic E-state index is 11.7. The summed E-state index contributed by atoms with van der Waals surface area (Å²) in [7, 11) is 0. The molecule has 1 aliphatic heterocycles. The van der Waals surface area contributed by atoms with Crippen molar-refractivity contribution in [2.45, 2.75) is 32.1 Å². The van der Waals surface area contributed by atoms with Crippen LogP contribution in [0.3, 0.4) is 0 Å². The second kappa shape index (κ2) is 10.3. The lowest BCUT2D eigenvalue weighted by Crippen LogP contribution is -2.33. The molecule has 1 aliphatic rings. The first-order chi connectivity index (χ1) is 16.0. The predicted octanol–water partition coefficient (Wildman–Crippen LogP) is 5.73. The number of hydrogen-bond acceptors (Lipinski definition) is 3. The highest BCUT2D eigenvalue weighted by Crippen LogP contribution is 2.32. The van der Waals surface area contributed by atoms with E-state index >= 15 is 0 Å². The van der Waals surface area contributed by atoms with Crippen molar-refractivity contribution in [2.75, 3.05) is 13.1 Å². The molecule has 1 amide bonds. The van der Waals surface area contributed by atoms with E-state index in [0.29, 0.717) is 13.1 Å². The van der Waals surface area contributed by atoms with Crippen molar-refractivity contribution in [3.63, 3.8) is 0 Å². The van der Waals surface area contributed by atoms with Crippen molar-refractivity contribution in [1.82, 2.24) is 9.88 Å². The van der Waals surface area contributed by atoms with E-state index in [1.165, 1.54) is 21.6 Å². The summed E-state index contributed by atoms with van der Waals surface area (Å²) in [6.45, 7) is 2.96. The van der Waals surface area contributed by atoms with E-state index in [2.05, 4.69) is 35.3 Å². The van der Waals surface area contributed by atoms with Gasteiger partial charge in [-0.05, 0) is 66.1 Å². The number of rotatable bonds is 7. The Morgan fingerprint density at radius 3 is 2.61 bits per heavy atom. The summed E-state index contributed by atoms with van der Waals surface area (Å²) in [6.07, 6.45) is 6.40. The molecule has 0 spiro atoms. The number of benzene rings is 2. The van der Waals surface area contributed by atoms with Gasteiger partial charge < -0.3 is 10.0 Å². The summed E-state index contributed by atoms with van der Waals surface area (Å²) in [5, 5.41) is 9.12. The highest BCUT2D eigenvalue weighted by molar-refractivity contribution is 5.78. The molecule has 0 bridgehead atoms. The molecule has 2 heterocycles. The number of pyridine rings is 1. The molecule has 0 saturated carbocycles. The van der Waals surface area contributed by atoms with Gasteiger partial charge in [-0.15, -0.1) is 0 Å². The van der Waals surface area contributed by atoms with Crippen molar-refractivity contribution >= 4 is 18.0 Å². The van der Waals surface area contributed by atoms with Crippen molar-refractivity contribution in [3.8, 4) is 0 Å². The molecule has 1 atom stereocenters. The third-order valence-electron chi connectivity index (χ3n) is 6.35. The van der Waals surface area contributed by atoms with Crippen LogP contribution >= 0.6 is 0 Å². The first kappa shape index (κ1) is 22.5. The van der Waals surface area contributed by atoms with Crippen molar-refractivity contribution < 1.29 is 14.7 Å². The molecule has 3 aromatic rings. The molecule has 0 fully saturated rings. The van der Waals surface area contributed by atoms with Gasteiger partial charge in [-0.3, -0.25) is 9.78 Å². The minimum absolute atomic E-state index is 0.107. The van der Waals surface area contributed by atoms with Gasteiger partial charge in [0.05, 0.1) is 0 Å². The van der Waals surface area contributed by atoms with Gasteiger partial charge in [-0.1, -0.05) is 54.6 Å². The quantitative estimate of drug-likeness (QED) is 0.476. The van der Waals surface area contributed by atoms with Gasteiger partial charge in [0.2, 0.25) is 0 Å². The van der Waals surface area contributed by atoms with E-state index < -0.39 is 6.09 Å². The summed E-state index contributed by atoms with van der Waals surface area (Å²) < 4.78 is 0. The molecule has 0 aliphatic carbocycles. The molecule has 5 nitrogen and oxygen atoms in total. The lowest BCUT2D eigenvalue weighted by molar-refractivity contribution is 0.112.